The molecule has 1 heterocycles. The molecule has 0 fully saturated rings. The van der Waals surface area contributed by atoms with E-state index in [2.05, 4.69) is 31.4 Å². The molecular weight excluding hydrogens is 362 g/mol. The van der Waals surface area contributed by atoms with Crippen molar-refractivity contribution in [3.05, 3.63) is 46.2 Å². The average molecular weight is 380 g/mol. The van der Waals surface area contributed by atoms with E-state index in [1.165, 1.54) is 0 Å². The number of nitrogens with one attached hydrogen (secondary N) is 2. The van der Waals surface area contributed by atoms with Gasteiger partial charge in [-0.3, -0.25) is 4.79 Å². The fourth-order valence-corrected chi connectivity index (χ4v) is 2.37. The van der Waals surface area contributed by atoms with Crippen molar-refractivity contribution in [3.63, 3.8) is 0 Å². The van der Waals surface area contributed by atoms with Crippen molar-refractivity contribution in [2.75, 3.05) is 14.2 Å². The molecule has 23 heavy (non-hydrogen) atoms. The molecule has 0 saturated carbocycles. The van der Waals surface area contributed by atoms with Gasteiger partial charge in [-0.2, -0.15) is 5.10 Å². The van der Waals surface area contributed by atoms with Gasteiger partial charge in [-0.15, -0.1) is 0 Å². The third-order valence-corrected chi connectivity index (χ3v) is 3.61. The molecule has 0 bridgehead atoms. The Hall–Kier alpha value is -2.28. The van der Waals surface area contributed by atoms with Gasteiger partial charge in [-0.1, -0.05) is 6.07 Å². The molecule has 7 heteroatoms. The minimum absolute atomic E-state index is 0.289. The largest absolute Gasteiger partial charge is 0.493 e. The topological polar surface area (TPSA) is 75.7 Å². The zero-order chi connectivity index (χ0) is 16.8. The van der Waals surface area contributed by atoms with Crippen molar-refractivity contribution < 1.29 is 14.3 Å². The molecular formula is C16H18BrN3O3. The van der Waals surface area contributed by atoms with Crippen LogP contribution in [0, 0.1) is 0 Å². The number of rotatable bonds is 6. The second-order valence-corrected chi connectivity index (χ2v) is 5.80. The lowest BCUT2D eigenvalue weighted by Gasteiger charge is -2.09. The minimum Gasteiger partial charge on any atom is -0.493 e. The number of benzene rings is 1. The molecule has 122 valence electrons. The fourth-order valence-electron chi connectivity index (χ4n) is 2.03. The Morgan fingerprint density at radius 2 is 2.00 bits per heavy atom. The second-order valence-electron chi connectivity index (χ2n) is 4.89. The smallest absolute Gasteiger partial charge is 0.287 e. The van der Waals surface area contributed by atoms with Crippen LogP contribution in [0.1, 0.15) is 23.0 Å². The highest BCUT2D eigenvalue weighted by Gasteiger charge is 2.08. The second kappa shape index (κ2) is 7.82. The predicted octanol–water partition coefficient (Wildman–Crippen LogP) is 3.14. The van der Waals surface area contributed by atoms with Crippen LogP contribution in [0.15, 0.2) is 40.0 Å². The number of hydrogen-bond donors (Lipinski definition) is 2. The van der Waals surface area contributed by atoms with E-state index in [1.807, 2.05) is 25.1 Å². The molecule has 0 saturated heterocycles. The first-order valence-corrected chi connectivity index (χ1v) is 7.71. The van der Waals surface area contributed by atoms with Crippen LogP contribution in [0.4, 0.5) is 0 Å². The van der Waals surface area contributed by atoms with Gasteiger partial charge in [-0.25, -0.2) is 5.43 Å². The van der Waals surface area contributed by atoms with Crippen molar-refractivity contribution in [3.8, 4) is 11.5 Å². The molecule has 0 unspecified atom stereocenters. The van der Waals surface area contributed by atoms with Gasteiger partial charge < -0.3 is 14.5 Å². The Morgan fingerprint density at radius 3 is 2.61 bits per heavy atom. The standard InChI is InChI=1S/C16H18BrN3O3/c1-10(19-20-16(21)13-8-12(17)9-18-13)6-11-4-5-14(22-2)15(7-11)23-3/h4-5,7-9,18H,6H2,1-3H3,(H,20,21)/b19-10-. The normalized spacial score (nSPS) is 11.2. The molecule has 6 nitrogen and oxygen atoms in total. The van der Waals surface area contributed by atoms with Crippen LogP contribution in [-0.2, 0) is 6.42 Å². The summed E-state index contributed by atoms with van der Waals surface area (Å²) in [7, 11) is 3.19. The van der Waals surface area contributed by atoms with Crippen molar-refractivity contribution in [2.45, 2.75) is 13.3 Å². The van der Waals surface area contributed by atoms with Gasteiger partial charge in [0.2, 0.25) is 0 Å². The van der Waals surface area contributed by atoms with Gasteiger partial charge in [0.25, 0.3) is 5.91 Å². The lowest BCUT2D eigenvalue weighted by atomic mass is 10.1. The number of methoxy groups -OCH3 is 2. The molecule has 1 amide bonds. The van der Waals surface area contributed by atoms with Crippen LogP contribution < -0.4 is 14.9 Å². The van der Waals surface area contributed by atoms with E-state index in [9.17, 15) is 4.79 Å². The lowest BCUT2D eigenvalue weighted by Crippen LogP contribution is -2.19. The van der Waals surface area contributed by atoms with E-state index in [0.717, 1.165) is 15.7 Å². The minimum atomic E-state index is -0.289. The van der Waals surface area contributed by atoms with Gasteiger partial charge in [0, 0.05) is 22.8 Å². The quantitative estimate of drug-likeness (QED) is 0.597. The zero-order valence-electron chi connectivity index (χ0n) is 13.1. The maximum Gasteiger partial charge on any atom is 0.287 e. The van der Waals surface area contributed by atoms with Gasteiger partial charge in [0.05, 0.1) is 14.2 Å². The number of aromatic nitrogens is 1. The molecule has 0 atom stereocenters. The number of H-pyrrole nitrogens is 1. The van der Waals surface area contributed by atoms with Crippen LogP contribution in [0.2, 0.25) is 0 Å². The van der Waals surface area contributed by atoms with E-state index in [4.69, 9.17) is 9.47 Å². The van der Waals surface area contributed by atoms with Gasteiger partial charge in [-0.05, 0) is 46.6 Å². The van der Waals surface area contributed by atoms with Crippen LogP contribution in [0.25, 0.3) is 0 Å². The number of carbonyl (C=O) groups is 1. The number of hydrazone groups is 1. The fraction of sp³-hybridized carbons (Fsp3) is 0.250. The van der Waals surface area contributed by atoms with E-state index < -0.39 is 0 Å². The van der Waals surface area contributed by atoms with Gasteiger partial charge >= 0.3 is 0 Å². The van der Waals surface area contributed by atoms with E-state index in [-0.39, 0.29) is 5.91 Å². The van der Waals surface area contributed by atoms with Gasteiger partial charge in [0.15, 0.2) is 11.5 Å². The third kappa shape index (κ3) is 4.59. The molecule has 0 aliphatic heterocycles. The SMILES string of the molecule is COc1ccc(C/C(C)=N\NC(=O)c2cc(Br)c[nH]2)cc1OC. The summed E-state index contributed by atoms with van der Waals surface area (Å²) in [5.74, 6) is 1.05. The maximum atomic E-state index is 11.9. The Labute approximate surface area is 143 Å². The number of nitrogens with zero attached hydrogens (tertiary/aromatic N) is 1. The van der Waals surface area contributed by atoms with Crippen molar-refractivity contribution in [1.82, 2.24) is 10.4 Å². The molecule has 0 spiro atoms. The summed E-state index contributed by atoms with van der Waals surface area (Å²) >= 11 is 3.28. The van der Waals surface area contributed by atoms with E-state index in [1.54, 1.807) is 26.5 Å². The first-order chi connectivity index (χ1) is 11.0. The number of halogens is 1. The summed E-state index contributed by atoms with van der Waals surface area (Å²) in [6, 6.07) is 7.36. The van der Waals surface area contributed by atoms with Crippen molar-refractivity contribution in [1.29, 1.82) is 0 Å². The number of amides is 1. The molecule has 1 aromatic carbocycles. The summed E-state index contributed by atoms with van der Waals surface area (Å²) in [6.07, 6.45) is 2.28. The van der Waals surface area contributed by atoms with Crippen molar-refractivity contribution in [2.24, 2.45) is 5.10 Å². The molecule has 1 aromatic heterocycles. The summed E-state index contributed by atoms with van der Waals surface area (Å²) in [5, 5.41) is 4.11. The first-order valence-electron chi connectivity index (χ1n) is 6.91. The van der Waals surface area contributed by atoms with E-state index >= 15 is 0 Å². The average Bonchev–Trinajstić information content (AvgIpc) is 2.99. The predicted molar refractivity (Wildman–Crippen MR) is 92.3 cm³/mol. The summed E-state index contributed by atoms with van der Waals surface area (Å²) in [6.45, 7) is 1.85. The molecule has 2 N–H and O–H groups in total. The van der Waals surface area contributed by atoms with Crippen LogP contribution in [0.5, 0.6) is 11.5 Å². The van der Waals surface area contributed by atoms with E-state index in [0.29, 0.717) is 23.6 Å². The summed E-state index contributed by atoms with van der Waals surface area (Å²) in [4.78, 5) is 14.7. The maximum absolute atomic E-state index is 11.9. The van der Waals surface area contributed by atoms with Crippen molar-refractivity contribution >= 4 is 27.5 Å². The lowest BCUT2D eigenvalue weighted by molar-refractivity contribution is 0.0950. The molecule has 2 rings (SSSR count). The molecule has 0 aliphatic rings. The highest BCUT2D eigenvalue weighted by molar-refractivity contribution is 9.10. The Bertz CT molecular complexity index is 725. The number of carbonyl (C=O) groups excluding carboxylic acids is 1. The van der Waals surface area contributed by atoms with Crippen LogP contribution in [-0.4, -0.2) is 30.8 Å². The molecule has 0 radical (unpaired) electrons. The monoisotopic (exact) mass is 379 g/mol. The molecule has 0 aliphatic carbocycles. The highest BCUT2D eigenvalue weighted by Crippen LogP contribution is 2.27. The van der Waals surface area contributed by atoms with Gasteiger partial charge in [0.1, 0.15) is 5.69 Å². The van der Waals surface area contributed by atoms with Crippen LogP contribution >= 0.6 is 15.9 Å². The summed E-state index contributed by atoms with van der Waals surface area (Å²) in [5.41, 5.74) is 4.76. The third-order valence-electron chi connectivity index (χ3n) is 3.15. The number of ether oxygens (including phenoxy) is 2. The summed E-state index contributed by atoms with van der Waals surface area (Å²) < 4.78 is 11.3. The van der Waals surface area contributed by atoms with Crippen LogP contribution in [0.3, 0.4) is 0 Å². The zero-order valence-corrected chi connectivity index (χ0v) is 14.7. The Kier molecular flexibility index (Phi) is 5.81. The number of hydrogen-bond acceptors (Lipinski definition) is 4. The Balaban J connectivity index is 2.00. The Morgan fingerprint density at radius 1 is 1.26 bits per heavy atom. The highest BCUT2D eigenvalue weighted by atomic mass is 79.9. The molecule has 2 aromatic rings. The number of aromatic amines is 1. The first kappa shape index (κ1) is 17.1.